The van der Waals surface area contributed by atoms with Crippen LogP contribution in [-0.2, 0) is 0 Å². The first-order valence-electron chi connectivity index (χ1n) is 5.12. The first kappa shape index (κ1) is 12.8. The van der Waals surface area contributed by atoms with Crippen molar-refractivity contribution in [2.75, 3.05) is 5.32 Å². The van der Waals surface area contributed by atoms with Gasteiger partial charge in [0.1, 0.15) is 11.6 Å². The van der Waals surface area contributed by atoms with Crippen LogP contribution in [0.2, 0.25) is 0 Å². The Morgan fingerprint density at radius 3 is 2.72 bits per heavy atom. The maximum absolute atomic E-state index is 13.0. The molecule has 3 nitrogen and oxygen atoms in total. The zero-order valence-electron chi connectivity index (χ0n) is 9.15. The van der Waals surface area contributed by atoms with Crippen molar-refractivity contribution in [3.63, 3.8) is 0 Å². The summed E-state index contributed by atoms with van der Waals surface area (Å²) in [5.41, 5.74) is 0.504. The monoisotopic (exact) mass is 357 g/mol. The third-order valence-electron chi connectivity index (χ3n) is 2.29. The molecule has 0 fully saturated rings. The number of amides is 1. The quantitative estimate of drug-likeness (QED) is 0.810. The summed E-state index contributed by atoms with van der Waals surface area (Å²) in [6.07, 6.45) is 0. The van der Waals surface area contributed by atoms with Crippen LogP contribution < -0.4 is 5.32 Å². The van der Waals surface area contributed by atoms with Crippen molar-refractivity contribution in [2.45, 2.75) is 0 Å². The van der Waals surface area contributed by atoms with Gasteiger partial charge in [0, 0.05) is 9.26 Å². The number of phenolic OH excluding ortho intramolecular Hbond substituents is 1. The van der Waals surface area contributed by atoms with E-state index in [1.165, 1.54) is 24.3 Å². The fraction of sp³-hybridized carbons (Fsp3) is 0. The average Bonchev–Trinajstić information content (AvgIpc) is 2.32. The van der Waals surface area contributed by atoms with Crippen LogP contribution in [0.3, 0.4) is 0 Å². The number of rotatable bonds is 2. The molecule has 0 radical (unpaired) electrons. The lowest BCUT2D eigenvalue weighted by molar-refractivity contribution is 0.102. The van der Waals surface area contributed by atoms with Gasteiger partial charge in [-0.15, -0.1) is 0 Å². The minimum absolute atomic E-state index is 0.107. The highest BCUT2D eigenvalue weighted by atomic mass is 127. The van der Waals surface area contributed by atoms with Crippen molar-refractivity contribution in [3.05, 3.63) is 57.4 Å². The number of carbonyl (C=O) groups is 1. The van der Waals surface area contributed by atoms with Crippen LogP contribution in [0.15, 0.2) is 42.5 Å². The molecule has 0 atom stereocenters. The van der Waals surface area contributed by atoms with Crippen LogP contribution >= 0.6 is 22.6 Å². The van der Waals surface area contributed by atoms with Crippen LogP contribution in [0.1, 0.15) is 10.4 Å². The van der Waals surface area contributed by atoms with E-state index in [4.69, 9.17) is 0 Å². The standard InChI is InChI=1S/C13H9FINO2/c14-8-2-1-3-10(6-8)16-13(18)11-7-9(15)4-5-12(11)17/h1-7,17H,(H,16,18). The normalized spacial score (nSPS) is 10.1. The van der Waals surface area contributed by atoms with Gasteiger partial charge in [-0.25, -0.2) is 4.39 Å². The van der Waals surface area contributed by atoms with E-state index in [2.05, 4.69) is 5.32 Å². The molecule has 0 bridgehead atoms. The number of benzene rings is 2. The van der Waals surface area contributed by atoms with Gasteiger partial charge in [0.2, 0.25) is 0 Å². The Labute approximate surface area is 117 Å². The molecule has 92 valence electrons. The largest absolute Gasteiger partial charge is 0.507 e. The molecule has 0 spiro atoms. The highest BCUT2D eigenvalue weighted by Crippen LogP contribution is 2.21. The fourth-order valence-electron chi connectivity index (χ4n) is 1.45. The molecule has 5 heteroatoms. The Balaban J connectivity index is 2.24. The van der Waals surface area contributed by atoms with E-state index in [1.54, 1.807) is 18.2 Å². The highest BCUT2D eigenvalue weighted by molar-refractivity contribution is 14.1. The Bertz CT molecular complexity index is 601. The van der Waals surface area contributed by atoms with Crippen molar-refractivity contribution in [1.82, 2.24) is 0 Å². The molecule has 0 unspecified atom stereocenters. The zero-order chi connectivity index (χ0) is 13.1. The van der Waals surface area contributed by atoms with E-state index >= 15 is 0 Å². The van der Waals surface area contributed by atoms with Crippen LogP contribution in [0.4, 0.5) is 10.1 Å². The minimum Gasteiger partial charge on any atom is -0.507 e. The van der Waals surface area contributed by atoms with Gasteiger partial charge in [-0.3, -0.25) is 4.79 Å². The van der Waals surface area contributed by atoms with Gasteiger partial charge in [0.25, 0.3) is 5.91 Å². The molecule has 0 saturated carbocycles. The molecule has 0 aliphatic heterocycles. The number of phenols is 1. The lowest BCUT2D eigenvalue weighted by atomic mass is 10.2. The van der Waals surface area contributed by atoms with Crippen LogP contribution in [0.5, 0.6) is 5.75 Å². The molecule has 2 aromatic rings. The second kappa shape index (κ2) is 5.34. The molecular weight excluding hydrogens is 348 g/mol. The van der Waals surface area contributed by atoms with Gasteiger partial charge in [0.15, 0.2) is 0 Å². The maximum atomic E-state index is 13.0. The molecular formula is C13H9FINO2. The third-order valence-corrected chi connectivity index (χ3v) is 2.96. The third kappa shape index (κ3) is 2.98. The molecule has 2 rings (SSSR count). The van der Waals surface area contributed by atoms with E-state index in [0.717, 1.165) is 3.57 Å². The summed E-state index contributed by atoms with van der Waals surface area (Å²) in [6.45, 7) is 0. The van der Waals surface area contributed by atoms with E-state index in [9.17, 15) is 14.3 Å². The molecule has 0 aliphatic carbocycles. The molecule has 0 aromatic heterocycles. The fourth-order valence-corrected chi connectivity index (χ4v) is 1.95. The number of aromatic hydroxyl groups is 1. The molecule has 0 aliphatic rings. The lowest BCUT2D eigenvalue weighted by Gasteiger charge is -2.07. The average molecular weight is 357 g/mol. The smallest absolute Gasteiger partial charge is 0.259 e. The van der Waals surface area contributed by atoms with E-state index < -0.39 is 11.7 Å². The Morgan fingerprint density at radius 1 is 1.22 bits per heavy atom. The molecule has 18 heavy (non-hydrogen) atoms. The summed E-state index contributed by atoms with van der Waals surface area (Å²) in [5.74, 6) is -1.01. The van der Waals surface area contributed by atoms with Gasteiger partial charge in [0.05, 0.1) is 5.56 Å². The summed E-state index contributed by atoms with van der Waals surface area (Å²) in [5, 5.41) is 12.1. The predicted molar refractivity (Wildman–Crippen MR) is 75.2 cm³/mol. The summed E-state index contributed by atoms with van der Waals surface area (Å²) in [4.78, 5) is 11.9. The first-order valence-corrected chi connectivity index (χ1v) is 6.19. The van der Waals surface area contributed by atoms with Crippen molar-refractivity contribution in [3.8, 4) is 5.75 Å². The van der Waals surface area contributed by atoms with Crippen LogP contribution in [-0.4, -0.2) is 11.0 Å². The van der Waals surface area contributed by atoms with Gasteiger partial charge < -0.3 is 10.4 Å². The molecule has 2 aromatic carbocycles. The number of halogens is 2. The molecule has 0 saturated heterocycles. The van der Waals surface area contributed by atoms with Crippen LogP contribution in [0.25, 0.3) is 0 Å². The minimum atomic E-state index is -0.475. The number of anilines is 1. The summed E-state index contributed by atoms with van der Waals surface area (Å²) in [6, 6.07) is 10.3. The molecule has 1 amide bonds. The second-order valence-corrected chi connectivity index (χ2v) is 4.87. The van der Waals surface area contributed by atoms with Crippen molar-refractivity contribution in [1.29, 1.82) is 0 Å². The SMILES string of the molecule is O=C(Nc1cccc(F)c1)c1cc(I)ccc1O. The summed E-state index contributed by atoms with van der Waals surface area (Å²) in [7, 11) is 0. The number of nitrogens with one attached hydrogen (secondary N) is 1. The molecule has 2 N–H and O–H groups in total. The van der Waals surface area contributed by atoms with E-state index in [-0.39, 0.29) is 11.3 Å². The zero-order valence-corrected chi connectivity index (χ0v) is 11.3. The lowest BCUT2D eigenvalue weighted by Crippen LogP contribution is -2.12. The topological polar surface area (TPSA) is 49.3 Å². The molecule has 0 heterocycles. The van der Waals surface area contributed by atoms with Crippen LogP contribution in [0, 0.1) is 9.39 Å². The number of hydrogen-bond acceptors (Lipinski definition) is 2. The number of hydrogen-bond donors (Lipinski definition) is 2. The van der Waals surface area contributed by atoms with E-state index in [1.807, 2.05) is 22.6 Å². The highest BCUT2D eigenvalue weighted by Gasteiger charge is 2.11. The Hall–Kier alpha value is -1.63. The first-order chi connectivity index (χ1) is 8.56. The summed E-state index contributed by atoms with van der Waals surface area (Å²) >= 11 is 2.04. The van der Waals surface area contributed by atoms with Gasteiger partial charge in [-0.1, -0.05) is 6.07 Å². The summed E-state index contributed by atoms with van der Waals surface area (Å²) < 4.78 is 13.8. The van der Waals surface area contributed by atoms with Crippen molar-refractivity contribution >= 4 is 34.2 Å². The van der Waals surface area contributed by atoms with Crippen molar-refractivity contribution < 1.29 is 14.3 Å². The second-order valence-electron chi connectivity index (χ2n) is 3.63. The van der Waals surface area contributed by atoms with E-state index in [0.29, 0.717) is 5.69 Å². The Morgan fingerprint density at radius 2 is 2.00 bits per heavy atom. The van der Waals surface area contributed by atoms with Crippen molar-refractivity contribution in [2.24, 2.45) is 0 Å². The number of carbonyl (C=O) groups excluding carboxylic acids is 1. The Kier molecular flexibility index (Phi) is 3.81. The maximum Gasteiger partial charge on any atom is 0.259 e. The predicted octanol–water partition coefficient (Wildman–Crippen LogP) is 3.39. The van der Waals surface area contributed by atoms with Gasteiger partial charge in [-0.05, 0) is 59.0 Å². The van der Waals surface area contributed by atoms with Gasteiger partial charge >= 0.3 is 0 Å². The van der Waals surface area contributed by atoms with Gasteiger partial charge in [-0.2, -0.15) is 0 Å².